The summed E-state index contributed by atoms with van der Waals surface area (Å²) in [6.07, 6.45) is 1.72. The summed E-state index contributed by atoms with van der Waals surface area (Å²) in [6.45, 7) is 7.73. The van der Waals surface area contributed by atoms with Gasteiger partial charge in [-0.3, -0.25) is 4.79 Å². The highest BCUT2D eigenvalue weighted by Crippen LogP contribution is 2.19. The van der Waals surface area contributed by atoms with Crippen molar-refractivity contribution in [1.82, 2.24) is 9.97 Å². The molecule has 3 heteroatoms. The molecule has 1 aromatic rings. The van der Waals surface area contributed by atoms with Crippen LogP contribution in [0.5, 0.6) is 0 Å². The minimum absolute atomic E-state index is 0.0227. The van der Waals surface area contributed by atoms with E-state index in [9.17, 15) is 4.79 Å². The van der Waals surface area contributed by atoms with Crippen LogP contribution in [0.1, 0.15) is 44.0 Å². The molecule has 66 valence electrons. The Kier molecular flexibility index (Phi) is 2.04. The number of H-pyrrole nitrogens is 1. The Balaban J connectivity index is 3.00. The molecule has 12 heavy (non-hydrogen) atoms. The first-order chi connectivity index (χ1) is 5.41. The van der Waals surface area contributed by atoms with Gasteiger partial charge in [-0.15, -0.1) is 0 Å². The Morgan fingerprint density at radius 2 is 2.08 bits per heavy atom. The molecule has 0 spiro atoms. The van der Waals surface area contributed by atoms with E-state index in [2.05, 4.69) is 30.7 Å². The second kappa shape index (κ2) is 2.73. The third kappa shape index (κ3) is 1.72. The van der Waals surface area contributed by atoms with Gasteiger partial charge < -0.3 is 4.98 Å². The lowest BCUT2D eigenvalue weighted by atomic mass is 9.93. The van der Waals surface area contributed by atoms with Crippen LogP contribution in [0.15, 0.2) is 6.20 Å². The zero-order valence-corrected chi connectivity index (χ0v) is 7.93. The van der Waals surface area contributed by atoms with Crippen LogP contribution in [0.2, 0.25) is 0 Å². The van der Waals surface area contributed by atoms with Gasteiger partial charge in [0.25, 0.3) is 0 Å². The van der Waals surface area contributed by atoms with E-state index in [0.717, 1.165) is 5.69 Å². The number of nitrogens with zero attached hydrogens (tertiary/aromatic N) is 1. The number of carbonyl (C=O) groups is 1. The van der Waals surface area contributed by atoms with Crippen molar-refractivity contribution in [3.8, 4) is 0 Å². The molecule has 0 aliphatic heterocycles. The Bertz CT molecular complexity index is 294. The molecule has 1 rings (SSSR count). The van der Waals surface area contributed by atoms with Crippen molar-refractivity contribution in [3.63, 3.8) is 0 Å². The summed E-state index contributed by atoms with van der Waals surface area (Å²) >= 11 is 0. The maximum atomic E-state index is 10.9. The Hall–Kier alpha value is -1.12. The van der Waals surface area contributed by atoms with Crippen LogP contribution in [0.25, 0.3) is 0 Å². The van der Waals surface area contributed by atoms with E-state index in [1.165, 1.54) is 6.92 Å². The molecule has 0 aliphatic rings. The largest absolute Gasteiger partial charge is 0.339 e. The van der Waals surface area contributed by atoms with Gasteiger partial charge >= 0.3 is 0 Å². The number of aromatic nitrogens is 2. The van der Waals surface area contributed by atoms with Crippen LogP contribution < -0.4 is 0 Å². The van der Waals surface area contributed by atoms with Gasteiger partial charge in [0, 0.05) is 24.2 Å². The second-order valence-electron chi connectivity index (χ2n) is 3.95. The van der Waals surface area contributed by atoms with E-state index >= 15 is 0 Å². The van der Waals surface area contributed by atoms with Crippen LogP contribution in [-0.4, -0.2) is 15.8 Å². The van der Waals surface area contributed by atoms with Gasteiger partial charge in [-0.25, -0.2) is 4.98 Å². The molecule has 0 atom stereocenters. The van der Waals surface area contributed by atoms with Crippen LogP contribution in [0.4, 0.5) is 0 Å². The molecular weight excluding hydrogens is 152 g/mol. The summed E-state index contributed by atoms with van der Waals surface area (Å²) in [7, 11) is 0. The fraction of sp³-hybridized carbons (Fsp3) is 0.556. The monoisotopic (exact) mass is 166 g/mol. The molecule has 0 aliphatic carbocycles. The average molecular weight is 166 g/mol. The summed E-state index contributed by atoms with van der Waals surface area (Å²) in [6, 6.07) is 0. The van der Waals surface area contributed by atoms with Gasteiger partial charge in [-0.2, -0.15) is 0 Å². The highest BCUT2D eigenvalue weighted by Gasteiger charge is 2.17. The highest BCUT2D eigenvalue weighted by atomic mass is 16.1. The number of aromatic amines is 1. The van der Waals surface area contributed by atoms with Crippen molar-refractivity contribution >= 4 is 5.78 Å². The molecule has 1 aromatic heterocycles. The summed E-state index contributed by atoms with van der Waals surface area (Å²) in [5.74, 6) is 0.422. The maximum absolute atomic E-state index is 10.9. The van der Waals surface area contributed by atoms with Gasteiger partial charge in [0.1, 0.15) is 0 Å². The van der Waals surface area contributed by atoms with E-state index in [4.69, 9.17) is 0 Å². The zero-order valence-electron chi connectivity index (χ0n) is 7.93. The summed E-state index contributed by atoms with van der Waals surface area (Å²) in [4.78, 5) is 17.9. The average Bonchev–Trinajstić information content (AvgIpc) is 2.30. The van der Waals surface area contributed by atoms with Crippen molar-refractivity contribution in [2.24, 2.45) is 0 Å². The number of nitrogens with one attached hydrogen (secondary N) is 1. The number of Topliss-reactive ketones (excluding diaryl/α,β-unsaturated/α-hetero) is 1. The minimum atomic E-state index is -0.0227. The van der Waals surface area contributed by atoms with E-state index < -0.39 is 0 Å². The quantitative estimate of drug-likeness (QED) is 0.648. The van der Waals surface area contributed by atoms with Crippen LogP contribution in [0, 0.1) is 0 Å². The van der Waals surface area contributed by atoms with Crippen molar-refractivity contribution in [1.29, 1.82) is 0 Å². The third-order valence-electron chi connectivity index (χ3n) is 1.72. The van der Waals surface area contributed by atoms with Crippen LogP contribution >= 0.6 is 0 Å². The topological polar surface area (TPSA) is 45.8 Å². The molecule has 3 nitrogen and oxygen atoms in total. The molecule has 0 amide bonds. The molecule has 0 unspecified atom stereocenters. The van der Waals surface area contributed by atoms with Crippen molar-refractivity contribution in [2.45, 2.75) is 33.1 Å². The van der Waals surface area contributed by atoms with E-state index in [1.54, 1.807) is 6.20 Å². The Morgan fingerprint density at radius 3 is 2.33 bits per heavy atom. The fourth-order valence-corrected chi connectivity index (χ4v) is 0.881. The zero-order chi connectivity index (χ0) is 9.35. The number of hydrogen-bond acceptors (Lipinski definition) is 2. The second-order valence-corrected chi connectivity index (χ2v) is 3.95. The first-order valence-electron chi connectivity index (χ1n) is 3.97. The third-order valence-corrected chi connectivity index (χ3v) is 1.72. The fourth-order valence-electron chi connectivity index (χ4n) is 0.881. The molecular formula is C9H14N2O. The SMILES string of the molecule is CC(=O)c1ncc(C(C)(C)C)[nH]1. The predicted octanol–water partition coefficient (Wildman–Crippen LogP) is 1.91. The smallest absolute Gasteiger partial charge is 0.194 e. The Labute approximate surface area is 72.2 Å². The molecule has 0 saturated heterocycles. The van der Waals surface area contributed by atoms with Gasteiger partial charge in [0.15, 0.2) is 11.6 Å². The summed E-state index contributed by atoms with van der Waals surface area (Å²) in [5, 5.41) is 0. The van der Waals surface area contributed by atoms with Crippen molar-refractivity contribution in [2.75, 3.05) is 0 Å². The first kappa shape index (κ1) is 8.97. The predicted molar refractivity (Wildman–Crippen MR) is 47.3 cm³/mol. The lowest BCUT2D eigenvalue weighted by Gasteiger charge is -2.14. The van der Waals surface area contributed by atoms with Gasteiger partial charge in [0.2, 0.25) is 0 Å². The normalized spacial score (nSPS) is 11.7. The van der Waals surface area contributed by atoms with Crippen LogP contribution in [0.3, 0.4) is 0 Å². The Morgan fingerprint density at radius 1 is 1.50 bits per heavy atom. The maximum Gasteiger partial charge on any atom is 0.194 e. The summed E-state index contributed by atoms with van der Waals surface area (Å²) < 4.78 is 0. The highest BCUT2D eigenvalue weighted by molar-refractivity contribution is 5.90. The molecule has 0 bridgehead atoms. The van der Waals surface area contributed by atoms with Crippen LogP contribution in [-0.2, 0) is 5.41 Å². The van der Waals surface area contributed by atoms with E-state index in [-0.39, 0.29) is 11.2 Å². The molecule has 0 radical (unpaired) electrons. The van der Waals surface area contributed by atoms with Gasteiger partial charge in [-0.1, -0.05) is 20.8 Å². The number of carbonyl (C=O) groups excluding carboxylic acids is 1. The number of imidazole rings is 1. The first-order valence-corrected chi connectivity index (χ1v) is 3.97. The van der Waals surface area contributed by atoms with Gasteiger partial charge in [0.05, 0.1) is 0 Å². The molecule has 1 N–H and O–H groups in total. The molecule has 0 aromatic carbocycles. The van der Waals surface area contributed by atoms with Gasteiger partial charge in [-0.05, 0) is 0 Å². The lowest BCUT2D eigenvalue weighted by Crippen LogP contribution is -2.11. The van der Waals surface area contributed by atoms with Crippen molar-refractivity contribution < 1.29 is 4.79 Å². The molecule has 1 heterocycles. The number of rotatable bonds is 1. The number of ketones is 1. The summed E-state index contributed by atoms with van der Waals surface area (Å²) in [5.41, 5.74) is 1.02. The van der Waals surface area contributed by atoms with E-state index in [1.807, 2.05) is 0 Å². The molecule has 0 fully saturated rings. The lowest BCUT2D eigenvalue weighted by molar-refractivity contribution is 0.100. The van der Waals surface area contributed by atoms with E-state index in [0.29, 0.717) is 5.82 Å². The minimum Gasteiger partial charge on any atom is -0.339 e. The molecule has 0 saturated carbocycles. The standard InChI is InChI=1S/C9H14N2O/c1-6(12)8-10-5-7(11-8)9(2,3)4/h5H,1-4H3,(H,10,11). The number of hydrogen-bond donors (Lipinski definition) is 1. The van der Waals surface area contributed by atoms with Crippen molar-refractivity contribution in [3.05, 3.63) is 17.7 Å².